The van der Waals surface area contributed by atoms with Gasteiger partial charge >= 0.3 is 0 Å². The molecule has 0 unspecified atom stereocenters. The lowest BCUT2D eigenvalue weighted by atomic mass is 10.1. The second-order valence-corrected chi connectivity index (χ2v) is 5.80. The Morgan fingerprint density at radius 3 is 2.58 bits per heavy atom. The van der Waals surface area contributed by atoms with Crippen LogP contribution in [0.1, 0.15) is 27.3 Å². The van der Waals surface area contributed by atoms with Crippen LogP contribution in [0.2, 0.25) is 5.02 Å². The minimum atomic E-state index is -0.487. The highest BCUT2D eigenvalue weighted by Crippen LogP contribution is 2.17. The Hall–Kier alpha value is -3.37. The summed E-state index contributed by atoms with van der Waals surface area (Å²) in [4.78, 5) is 23.9. The number of hydrogen-bond donors (Lipinski definition) is 1. The summed E-state index contributed by atoms with van der Waals surface area (Å²) in [6.07, 6.45) is 4.48. The van der Waals surface area contributed by atoms with Crippen LogP contribution in [0.4, 0.5) is 10.2 Å². The predicted molar refractivity (Wildman–Crippen MR) is 93.2 cm³/mol. The smallest absolute Gasteiger partial charge is 0.277 e. The Morgan fingerprint density at radius 1 is 1.12 bits per heavy atom. The second-order valence-electron chi connectivity index (χ2n) is 5.36. The van der Waals surface area contributed by atoms with E-state index in [2.05, 4.69) is 20.3 Å². The molecule has 0 atom stereocenters. The molecule has 6 nitrogen and oxygen atoms in total. The lowest BCUT2D eigenvalue weighted by Gasteiger charge is -2.06. The topological polar surface area (TPSA) is 91.6 Å². The fourth-order valence-corrected chi connectivity index (χ4v) is 2.48. The summed E-state index contributed by atoms with van der Waals surface area (Å²) in [5, 5.41) is 11.6. The lowest BCUT2D eigenvalue weighted by Crippen LogP contribution is -2.15. The first kappa shape index (κ1) is 17.5. The highest BCUT2D eigenvalue weighted by molar-refractivity contribution is 6.30. The van der Waals surface area contributed by atoms with Crippen molar-refractivity contribution >= 4 is 23.3 Å². The molecule has 1 amide bonds. The van der Waals surface area contributed by atoms with Gasteiger partial charge in [0.05, 0.1) is 12.4 Å². The number of carbonyl (C=O) groups is 1. The van der Waals surface area contributed by atoms with Gasteiger partial charge in [-0.25, -0.2) is 19.3 Å². The number of benzene rings is 1. The molecule has 3 aromatic rings. The standard InChI is InChI=1S/C18H11ClFN5O/c19-13-4-12(5-14(20)6-13)3-11-1-2-17(24-8-11)25-18(26)16-10-22-15(7-21)9-23-16/h1-2,4-6,8-10H,3H2,(H,24,25,26). The van der Waals surface area contributed by atoms with Crippen LogP contribution in [0.5, 0.6) is 0 Å². The number of pyridine rings is 1. The normalized spacial score (nSPS) is 10.2. The highest BCUT2D eigenvalue weighted by atomic mass is 35.5. The van der Waals surface area contributed by atoms with Crippen LogP contribution in [-0.2, 0) is 6.42 Å². The van der Waals surface area contributed by atoms with Crippen LogP contribution in [0.15, 0.2) is 48.9 Å². The molecule has 0 saturated carbocycles. The Labute approximate surface area is 153 Å². The molecule has 1 N–H and O–H groups in total. The van der Waals surface area contributed by atoms with E-state index >= 15 is 0 Å². The largest absolute Gasteiger partial charge is 0.305 e. The molecule has 2 heterocycles. The number of aromatic nitrogens is 3. The van der Waals surface area contributed by atoms with E-state index < -0.39 is 11.7 Å². The SMILES string of the molecule is N#Cc1cnc(C(=O)Nc2ccc(Cc3cc(F)cc(Cl)c3)cn2)cn1. The molecule has 1 aromatic carbocycles. The van der Waals surface area contributed by atoms with E-state index in [0.717, 1.165) is 11.1 Å². The third-order valence-corrected chi connectivity index (χ3v) is 3.61. The number of nitriles is 1. The van der Waals surface area contributed by atoms with E-state index in [9.17, 15) is 9.18 Å². The van der Waals surface area contributed by atoms with Crippen LogP contribution in [0.25, 0.3) is 0 Å². The van der Waals surface area contributed by atoms with E-state index in [0.29, 0.717) is 17.3 Å². The summed E-state index contributed by atoms with van der Waals surface area (Å²) in [5.41, 5.74) is 1.76. The molecule has 0 aliphatic rings. The number of nitrogens with one attached hydrogen (secondary N) is 1. The van der Waals surface area contributed by atoms with Crippen LogP contribution in [0, 0.1) is 17.1 Å². The average molecular weight is 368 g/mol. The van der Waals surface area contributed by atoms with Gasteiger partial charge < -0.3 is 5.32 Å². The van der Waals surface area contributed by atoms with Gasteiger partial charge in [0.1, 0.15) is 23.4 Å². The number of anilines is 1. The maximum absolute atomic E-state index is 13.4. The molecule has 8 heteroatoms. The number of hydrogen-bond acceptors (Lipinski definition) is 5. The van der Waals surface area contributed by atoms with Crippen LogP contribution >= 0.6 is 11.6 Å². The molecule has 0 spiro atoms. The zero-order valence-electron chi connectivity index (χ0n) is 13.3. The molecular weight excluding hydrogens is 357 g/mol. The Morgan fingerprint density at radius 2 is 1.96 bits per heavy atom. The summed E-state index contributed by atoms with van der Waals surface area (Å²) in [6, 6.07) is 9.56. The zero-order chi connectivity index (χ0) is 18.5. The summed E-state index contributed by atoms with van der Waals surface area (Å²) < 4.78 is 13.4. The Kier molecular flexibility index (Phi) is 5.15. The maximum atomic E-state index is 13.4. The molecular formula is C18H11ClFN5O. The Balaban J connectivity index is 1.67. The second kappa shape index (κ2) is 7.68. The summed E-state index contributed by atoms with van der Waals surface area (Å²) in [5.74, 6) is -0.547. The van der Waals surface area contributed by atoms with E-state index in [1.165, 1.54) is 24.5 Å². The molecule has 3 rings (SSSR count). The van der Waals surface area contributed by atoms with E-state index in [4.69, 9.17) is 16.9 Å². The summed E-state index contributed by atoms with van der Waals surface area (Å²) in [6.45, 7) is 0. The molecule has 0 saturated heterocycles. The Bertz CT molecular complexity index is 964. The van der Waals surface area contributed by atoms with Crippen molar-refractivity contribution in [2.75, 3.05) is 5.32 Å². The van der Waals surface area contributed by atoms with Crippen molar-refractivity contribution in [1.82, 2.24) is 15.0 Å². The molecule has 26 heavy (non-hydrogen) atoms. The summed E-state index contributed by atoms with van der Waals surface area (Å²) in [7, 11) is 0. The van der Waals surface area contributed by atoms with Crippen molar-refractivity contribution in [1.29, 1.82) is 5.26 Å². The third kappa shape index (κ3) is 4.37. The van der Waals surface area contributed by atoms with E-state index in [-0.39, 0.29) is 11.4 Å². The van der Waals surface area contributed by atoms with Crippen LogP contribution in [-0.4, -0.2) is 20.9 Å². The monoisotopic (exact) mass is 367 g/mol. The van der Waals surface area contributed by atoms with E-state index in [1.54, 1.807) is 24.4 Å². The van der Waals surface area contributed by atoms with Crippen LogP contribution < -0.4 is 5.32 Å². The average Bonchev–Trinajstić information content (AvgIpc) is 2.62. The number of carbonyl (C=O) groups excluding carboxylic acids is 1. The molecule has 0 aliphatic heterocycles. The number of nitrogens with zero attached hydrogens (tertiary/aromatic N) is 4. The van der Waals surface area contributed by atoms with Crippen molar-refractivity contribution in [3.05, 3.63) is 82.3 Å². The van der Waals surface area contributed by atoms with Crippen molar-refractivity contribution < 1.29 is 9.18 Å². The van der Waals surface area contributed by atoms with Crippen molar-refractivity contribution in [3.8, 4) is 6.07 Å². The van der Waals surface area contributed by atoms with Gasteiger partial charge in [-0.2, -0.15) is 5.26 Å². The maximum Gasteiger partial charge on any atom is 0.277 e. The molecule has 0 radical (unpaired) electrons. The lowest BCUT2D eigenvalue weighted by molar-refractivity contribution is 0.102. The minimum absolute atomic E-state index is 0.0734. The van der Waals surface area contributed by atoms with Crippen molar-refractivity contribution in [3.63, 3.8) is 0 Å². The van der Waals surface area contributed by atoms with Gasteiger partial charge in [0.15, 0.2) is 5.69 Å². The number of halogens is 2. The van der Waals surface area contributed by atoms with Gasteiger partial charge in [0.2, 0.25) is 0 Å². The molecule has 2 aromatic heterocycles. The first-order chi connectivity index (χ1) is 12.5. The third-order valence-electron chi connectivity index (χ3n) is 3.40. The molecule has 0 aliphatic carbocycles. The molecule has 0 bridgehead atoms. The first-order valence-electron chi connectivity index (χ1n) is 7.47. The predicted octanol–water partition coefficient (Wildman–Crippen LogP) is 3.38. The van der Waals surface area contributed by atoms with Gasteiger partial charge in [-0.3, -0.25) is 4.79 Å². The van der Waals surface area contributed by atoms with E-state index in [1.807, 2.05) is 6.07 Å². The fraction of sp³-hybridized carbons (Fsp3) is 0.0556. The first-order valence-corrected chi connectivity index (χ1v) is 7.84. The molecule has 128 valence electrons. The minimum Gasteiger partial charge on any atom is -0.305 e. The van der Waals surface area contributed by atoms with Crippen LogP contribution in [0.3, 0.4) is 0 Å². The molecule has 0 fully saturated rings. The fourth-order valence-electron chi connectivity index (χ4n) is 2.24. The quantitative estimate of drug-likeness (QED) is 0.763. The van der Waals surface area contributed by atoms with Gasteiger partial charge in [0, 0.05) is 11.2 Å². The van der Waals surface area contributed by atoms with Crippen molar-refractivity contribution in [2.24, 2.45) is 0 Å². The van der Waals surface area contributed by atoms with Gasteiger partial charge in [0.25, 0.3) is 5.91 Å². The van der Waals surface area contributed by atoms with Gasteiger partial charge in [-0.05, 0) is 41.8 Å². The number of amides is 1. The highest BCUT2D eigenvalue weighted by Gasteiger charge is 2.09. The zero-order valence-corrected chi connectivity index (χ0v) is 14.0. The number of rotatable bonds is 4. The van der Waals surface area contributed by atoms with Gasteiger partial charge in [-0.15, -0.1) is 0 Å². The van der Waals surface area contributed by atoms with Crippen molar-refractivity contribution in [2.45, 2.75) is 6.42 Å². The van der Waals surface area contributed by atoms with Gasteiger partial charge in [-0.1, -0.05) is 17.7 Å². The summed E-state index contributed by atoms with van der Waals surface area (Å²) >= 11 is 5.84.